The number of nitrogens with zero attached hydrogens (tertiary/aromatic N) is 3. The second-order valence-electron chi connectivity index (χ2n) is 7.01. The molecule has 1 N–H and O–H groups in total. The third-order valence-corrected chi connectivity index (χ3v) is 6.99. The number of aromatic nitrogens is 2. The van der Waals surface area contributed by atoms with Gasteiger partial charge in [-0.15, -0.1) is 10.2 Å². The van der Waals surface area contributed by atoms with Gasteiger partial charge in [0, 0.05) is 38.0 Å². The van der Waals surface area contributed by atoms with Crippen LogP contribution >= 0.6 is 0 Å². The zero-order valence-corrected chi connectivity index (χ0v) is 16.4. The molecule has 0 unspecified atom stereocenters. The van der Waals surface area contributed by atoms with Gasteiger partial charge in [-0.3, -0.25) is 4.79 Å². The van der Waals surface area contributed by atoms with Gasteiger partial charge in [0.2, 0.25) is 21.8 Å². The Kier molecular flexibility index (Phi) is 5.61. The highest BCUT2D eigenvalue weighted by molar-refractivity contribution is 7.89. The van der Waals surface area contributed by atoms with Gasteiger partial charge in [-0.25, -0.2) is 12.7 Å². The average molecular weight is 392 g/mol. The normalized spacial score (nSPS) is 20.9. The second kappa shape index (κ2) is 7.77. The zero-order valence-electron chi connectivity index (χ0n) is 15.6. The molecule has 9 heteroatoms. The van der Waals surface area contributed by atoms with Crippen LogP contribution in [-0.2, 0) is 10.0 Å². The maximum Gasteiger partial charge on any atom is 0.251 e. The SMILES string of the molecule is Cc1nnc([C@H]2CN(S(=O)(=O)C(C)C)C[C@@H]2CNC(=O)c2ccccc2)o1. The van der Waals surface area contributed by atoms with E-state index in [0.29, 0.717) is 30.4 Å². The van der Waals surface area contributed by atoms with Gasteiger partial charge in [0.25, 0.3) is 5.91 Å². The smallest absolute Gasteiger partial charge is 0.251 e. The van der Waals surface area contributed by atoms with Crippen LogP contribution in [0.25, 0.3) is 0 Å². The maximum absolute atomic E-state index is 12.6. The lowest BCUT2D eigenvalue weighted by Crippen LogP contribution is -2.36. The Labute approximate surface area is 159 Å². The number of rotatable bonds is 6. The highest BCUT2D eigenvalue weighted by Crippen LogP contribution is 2.34. The summed E-state index contributed by atoms with van der Waals surface area (Å²) in [5.74, 6) is 0.248. The molecule has 2 aromatic rings. The van der Waals surface area contributed by atoms with Crippen molar-refractivity contribution in [2.75, 3.05) is 19.6 Å². The Bertz CT molecular complexity index is 895. The molecule has 0 saturated carbocycles. The average Bonchev–Trinajstić information content (AvgIpc) is 3.26. The van der Waals surface area contributed by atoms with Gasteiger partial charge in [-0.2, -0.15) is 0 Å². The first-order chi connectivity index (χ1) is 12.8. The van der Waals surface area contributed by atoms with E-state index in [2.05, 4.69) is 15.5 Å². The number of nitrogens with one attached hydrogen (secondary N) is 1. The van der Waals surface area contributed by atoms with E-state index >= 15 is 0 Å². The third kappa shape index (κ3) is 4.19. The summed E-state index contributed by atoms with van der Waals surface area (Å²) < 4.78 is 32.2. The molecule has 1 aromatic carbocycles. The minimum Gasteiger partial charge on any atom is -0.425 e. The van der Waals surface area contributed by atoms with Crippen molar-refractivity contribution in [3.8, 4) is 0 Å². The molecule has 0 bridgehead atoms. The molecule has 2 atom stereocenters. The van der Waals surface area contributed by atoms with E-state index in [1.54, 1.807) is 45.0 Å². The van der Waals surface area contributed by atoms with Crippen LogP contribution in [0.3, 0.4) is 0 Å². The van der Waals surface area contributed by atoms with Crippen LogP contribution in [0.4, 0.5) is 0 Å². The topological polar surface area (TPSA) is 105 Å². The van der Waals surface area contributed by atoms with Crippen LogP contribution in [-0.4, -0.2) is 53.7 Å². The van der Waals surface area contributed by atoms with Crippen molar-refractivity contribution in [2.24, 2.45) is 5.92 Å². The number of carbonyl (C=O) groups excluding carboxylic acids is 1. The summed E-state index contributed by atoms with van der Waals surface area (Å²) in [5, 5.41) is 10.3. The van der Waals surface area contributed by atoms with Gasteiger partial charge in [-0.05, 0) is 26.0 Å². The van der Waals surface area contributed by atoms with E-state index in [1.807, 2.05) is 6.07 Å². The molecule has 2 heterocycles. The van der Waals surface area contributed by atoms with Crippen LogP contribution in [0, 0.1) is 12.8 Å². The summed E-state index contributed by atoms with van der Waals surface area (Å²) >= 11 is 0. The molecule has 1 aromatic heterocycles. The molecular weight excluding hydrogens is 368 g/mol. The van der Waals surface area contributed by atoms with Crippen molar-refractivity contribution in [3.05, 3.63) is 47.7 Å². The standard InChI is InChI=1S/C18H24N4O4S/c1-12(2)27(24,25)22-10-15(16(11-22)18-21-20-13(3)26-18)9-19-17(23)14-7-5-4-6-8-14/h4-8,12,15-16H,9-11H2,1-3H3,(H,19,23)/t15-,16-/m0/s1. The lowest BCUT2D eigenvalue weighted by molar-refractivity contribution is 0.0946. The molecule has 146 valence electrons. The van der Waals surface area contributed by atoms with Crippen molar-refractivity contribution in [2.45, 2.75) is 31.9 Å². The molecule has 1 amide bonds. The van der Waals surface area contributed by atoms with Crippen molar-refractivity contribution in [1.29, 1.82) is 0 Å². The molecule has 0 radical (unpaired) electrons. The summed E-state index contributed by atoms with van der Waals surface area (Å²) in [6, 6.07) is 8.91. The molecular formula is C18H24N4O4S. The zero-order chi connectivity index (χ0) is 19.6. The maximum atomic E-state index is 12.6. The van der Waals surface area contributed by atoms with E-state index in [4.69, 9.17) is 4.42 Å². The van der Waals surface area contributed by atoms with Crippen molar-refractivity contribution >= 4 is 15.9 Å². The van der Waals surface area contributed by atoms with Gasteiger partial charge in [0.15, 0.2) is 0 Å². The van der Waals surface area contributed by atoms with Gasteiger partial charge >= 0.3 is 0 Å². The molecule has 27 heavy (non-hydrogen) atoms. The minimum atomic E-state index is -3.40. The first-order valence-corrected chi connectivity index (χ1v) is 10.4. The quantitative estimate of drug-likeness (QED) is 0.800. The molecule has 1 saturated heterocycles. The molecule has 1 fully saturated rings. The number of hydrogen-bond donors (Lipinski definition) is 1. The largest absolute Gasteiger partial charge is 0.425 e. The van der Waals surface area contributed by atoms with E-state index in [9.17, 15) is 13.2 Å². The molecule has 0 spiro atoms. The number of sulfonamides is 1. The Morgan fingerprint density at radius 1 is 1.26 bits per heavy atom. The van der Waals surface area contributed by atoms with Crippen LogP contribution in [0.15, 0.2) is 34.7 Å². The summed E-state index contributed by atoms with van der Waals surface area (Å²) in [6.45, 7) is 5.91. The van der Waals surface area contributed by atoms with Gasteiger partial charge in [-0.1, -0.05) is 18.2 Å². The Morgan fingerprint density at radius 2 is 1.96 bits per heavy atom. The van der Waals surface area contributed by atoms with E-state index < -0.39 is 15.3 Å². The van der Waals surface area contributed by atoms with Gasteiger partial charge in [0.05, 0.1) is 11.2 Å². The predicted molar refractivity (Wildman–Crippen MR) is 99.7 cm³/mol. The fraction of sp³-hybridized carbons (Fsp3) is 0.500. The number of hydrogen-bond acceptors (Lipinski definition) is 6. The first-order valence-electron chi connectivity index (χ1n) is 8.91. The summed E-state index contributed by atoms with van der Waals surface area (Å²) in [4.78, 5) is 12.3. The summed E-state index contributed by atoms with van der Waals surface area (Å²) in [5.41, 5.74) is 0.562. The summed E-state index contributed by atoms with van der Waals surface area (Å²) in [6.07, 6.45) is 0. The fourth-order valence-corrected chi connectivity index (χ4v) is 4.57. The predicted octanol–water partition coefficient (Wildman–Crippen LogP) is 1.56. The first kappa shape index (κ1) is 19.5. The van der Waals surface area contributed by atoms with Crippen LogP contribution < -0.4 is 5.32 Å². The van der Waals surface area contributed by atoms with E-state index in [-0.39, 0.29) is 24.3 Å². The Morgan fingerprint density at radius 3 is 2.56 bits per heavy atom. The Hall–Kier alpha value is -2.26. The van der Waals surface area contributed by atoms with Crippen molar-refractivity contribution < 1.29 is 17.6 Å². The highest BCUT2D eigenvalue weighted by Gasteiger charge is 2.42. The molecule has 8 nitrogen and oxygen atoms in total. The van der Waals surface area contributed by atoms with Crippen LogP contribution in [0.2, 0.25) is 0 Å². The van der Waals surface area contributed by atoms with Crippen LogP contribution in [0.1, 0.15) is 41.9 Å². The number of amides is 1. The minimum absolute atomic E-state index is 0.147. The Balaban J connectivity index is 1.76. The van der Waals surface area contributed by atoms with Crippen LogP contribution in [0.5, 0.6) is 0 Å². The molecule has 1 aliphatic rings. The van der Waals surface area contributed by atoms with Crippen molar-refractivity contribution in [1.82, 2.24) is 19.8 Å². The van der Waals surface area contributed by atoms with Gasteiger partial charge < -0.3 is 9.73 Å². The second-order valence-corrected chi connectivity index (χ2v) is 9.50. The molecule has 0 aliphatic carbocycles. The number of benzene rings is 1. The number of carbonyl (C=O) groups is 1. The van der Waals surface area contributed by atoms with Crippen molar-refractivity contribution in [3.63, 3.8) is 0 Å². The summed E-state index contributed by atoms with van der Waals surface area (Å²) in [7, 11) is -3.40. The van der Waals surface area contributed by atoms with E-state index in [1.165, 1.54) is 4.31 Å². The molecule has 3 rings (SSSR count). The number of aryl methyl sites for hydroxylation is 1. The highest BCUT2D eigenvalue weighted by atomic mass is 32.2. The van der Waals surface area contributed by atoms with Gasteiger partial charge in [0.1, 0.15) is 0 Å². The third-order valence-electron chi connectivity index (χ3n) is 4.78. The fourth-order valence-electron chi connectivity index (χ4n) is 3.20. The lowest BCUT2D eigenvalue weighted by Gasteiger charge is -2.19. The molecule has 1 aliphatic heterocycles. The monoisotopic (exact) mass is 392 g/mol. The lowest BCUT2D eigenvalue weighted by atomic mass is 9.96. The van der Waals surface area contributed by atoms with E-state index in [0.717, 1.165) is 0 Å².